The fraction of sp³-hybridized carbons (Fsp3) is 0.455. The Morgan fingerprint density at radius 1 is 0.667 bits per heavy atom. The van der Waals surface area contributed by atoms with Crippen molar-refractivity contribution in [2.75, 3.05) is 0 Å². The van der Waals surface area contributed by atoms with E-state index in [1.165, 1.54) is 11.1 Å². The Balaban J connectivity index is 2.57. The minimum absolute atomic E-state index is 0.0624. The second kappa shape index (κ2) is 6.52. The largest absolute Gasteiger partial charge is 0.317 e. The van der Waals surface area contributed by atoms with Crippen molar-refractivity contribution in [2.45, 2.75) is 66.2 Å². The van der Waals surface area contributed by atoms with Gasteiger partial charge in [0.15, 0.2) is 0 Å². The van der Waals surface area contributed by atoms with Crippen LogP contribution < -0.4 is 10.6 Å². The molecule has 0 atom stereocenters. The van der Waals surface area contributed by atoms with E-state index in [-0.39, 0.29) is 10.8 Å². The molecule has 0 bridgehead atoms. The highest BCUT2D eigenvalue weighted by atomic mass is 31.1. The van der Waals surface area contributed by atoms with E-state index in [9.17, 15) is 4.57 Å². The van der Waals surface area contributed by atoms with Crippen LogP contribution in [0.2, 0.25) is 0 Å². The van der Waals surface area contributed by atoms with Gasteiger partial charge in [0.1, 0.15) is 7.80 Å². The first-order valence-electron chi connectivity index (χ1n) is 8.68. The molecule has 0 aromatic heterocycles. The van der Waals surface area contributed by atoms with Crippen molar-refractivity contribution in [3.8, 4) is 0 Å². The van der Waals surface area contributed by atoms with Crippen LogP contribution in [0.4, 0.5) is 0 Å². The standard InChI is InChI=1S/C22H31OP/c1-15-9-11-17(21(3,4)5)13-19(15)24(23)20-14-18(22(6,7)8)12-10-16(20)2/h9-14,24H,1-8H3. The van der Waals surface area contributed by atoms with Gasteiger partial charge in [-0.15, -0.1) is 0 Å². The Labute approximate surface area is 148 Å². The van der Waals surface area contributed by atoms with Gasteiger partial charge in [0.05, 0.1) is 0 Å². The van der Waals surface area contributed by atoms with Crippen LogP contribution in [0, 0.1) is 13.8 Å². The van der Waals surface area contributed by atoms with E-state index in [0.29, 0.717) is 0 Å². The average Bonchev–Trinajstić information content (AvgIpc) is 2.45. The summed E-state index contributed by atoms with van der Waals surface area (Å²) < 4.78 is 13.4. The zero-order valence-electron chi connectivity index (χ0n) is 16.4. The minimum Gasteiger partial charge on any atom is -0.317 e. The van der Waals surface area contributed by atoms with Crippen LogP contribution in [-0.2, 0) is 15.4 Å². The lowest BCUT2D eigenvalue weighted by atomic mass is 9.87. The highest BCUT2D eigenvalue weighted by molar-refractivity contribution is 7.61. The first kappa shape index (κ1) is 19.0. The molecule has 0 heterocycles. The van der Waals surface area contributed by atoms with Gasteiger partial charge < -0.3 is 4.57 Å². The Morgan fingerprint density at radius 2 is 1.00 bits per heavy atom. The van der Waals surface area contributed by atoms with Gasteiger partial charge in [-0.05, 0) is 59.1 Å². The van der Waals surface area contributed by atoms with Gasteiger partial charge in [-0.2, -0.15) is 0 Å². The molecule has 0 fully saturated rings. The number of benzene rings is 2. The quantitative estimate of drug-likeness (QED) is 0.667. The predicted octanol–water partition coefficient (Wildman–Crippen LogP) is 5.41. The van der Waals surface area contributed by atoms with Crippen LogP contribution in [0.3, 0.4) is 0 Å². The average molecular weight is 342 g/mol. The highest BCUT2D eigenvalue weighted by Gasteiger charge is 2.20. The van der Waals surface area contributed by atoms with E-state index in [4.69, 9.17) is 0 Å². The molecule has 0 saturated carbocycles. The first-order chi connectivity index (χ1) is 10.9. The molecule has 24 heavy (non-hydrogen) atoms. The van der Waals surface area contributed by atoms with Gasteiger partial charge in [-0.3, -0.25) is 0 Å². The van der Waals surface area contributed by atoms with E-state index in [2.05, 4.69) is 91.8 Å². The van der Waals surface area contributed by atoms with Crippen molar-refractivity contribution in [3.05, 3.63) is 58.7 Å². The molecule has 0 radical (unpaired) electrons. The molecule has 0 aliphatic carbocycles. The molecule has 2 aromatic rings. The summed E-state index contributed by atoms with van der Waals surface area (Å²) in [5.74, 6) is 0. The summed E-state index contributed by atoms with van der Waals surface area (Å²) in [5, 5.41) is 2.00. The predicted molar refractivity (Wildman–Crippen MR) is 108 cm³/mol. The smallest absolute Gasteiger partial charge is 0.132 e. The Kier molecular flexibility index (Phi) is 5.17. The lowest BCUT2D eigenvalue weighted by molar-refractivity contribution is 0.589. The monoisotopic (exact) mass is 342 g/mol. The molecule has 0 N–H and O–H groups in total. The summed E-state index contributed by atoms with van der Waals surface area (Å²) in [7, 11) is -2.02. The SMILES string of the molecule is Cc1ccc(C(C)(C)C)cc1[PH](=O)c1cc(C(C)(C)C)ccc1C. The van der Waals surface area contributed by atoms with Crippen molar-refractivity contribution < 1.29 is 4.57 Å². The second-order valence-electron chi connectivity index (χ2n) is 8.89. The second-order valence-corrected chi connectivity index (χ2v) is 10.6. The topological polar surface area (TPSA) is 17.1 Å². The molecular formula is C22H31OP. The van der Waals surface area contributed by atoms with Crippen molar-refractivity contribution >= 4 is 18.4 Å². The molecule has 2 rings (SSSR count). The van der Waals surface area contributed by atoms with Gasteiger partial charge in [-0.25, -0.2) is 0 Å². The molecule has 0 aliphatic rings. The maximum atomic E-state index is 13.4. The van der Waals surface area contributed by atoms with Gasteiger partial charge in [0, 0.05) is 10.6 Å². The van der Waals surface area contributed by atoms with Gasteiger partial charge in [0.2, 0.25) is 0 Å². The normalized spacial score (nSPS) is 12.7. The fourth-order valence-electron chi connectivity index (χ4n) is 2.81. The zero-order valence-corrected chi connectivity index (χ0v) is 17.4. The molecule has 1 nitrogen and oxygen atoms in total. The Bertz CT molecular complexity index is 708. The van der Waals surface area contributed by atoms with E-state index in [0.717, 1.165) is 21.7 Å². The lowest BCUT2D eigenvalue weighted by Gasteiger charge is -2.22. The van der Waals surface area contributed by atoms with Crippen LogP contribution in [0.1, 0.15) is 63.8 Å². The first-order valence-corrected chi connectivity index (χ1v) is 10.1. The van der Waals surface area contributed by atoms with Crippen molar-refractivity contribution in [2.24, 2.45) is 0 Å². The number of aryl methyl sites for hydroxylation is 2. The number of hydrogen-bond donors (Lipinski definition) is 0. The minimum atomic E-state index is -2.02. The highest BCUT2D eigenvalue weighted by Crippen LogP contribution is 2.30. The number of hydrogen-bond acceptors (Lipinski definition) is 1. The van der Waals surface area contributed by atoms with Crippen molar-refractivity contribution in [1.29, 1.82) is 0 Å². The molecule has 0 spiro atoms. The van der Waals surface area contributed by atoms with Gasteiger partial charge >= 0.3 is 0 Å². The molecule has 0 saturated heterocycles. The third-order valence-electron chi connectivity index (χ3n) is 4.70. The Hall–Kier alpha value is -1.33. The van der Waals surface area contributed by atoms with E-state index >= 15 is 0 Å². The summed E-state index contributed by atoms with van der Waals surface area (Å²) in [4.78, 5) is 0. The van der Waals surface area contributed by atoms with Crippen LogP contribution in [0.15, 0.2) is 36.4 Å². The summed E-state index contributed by atoms with van der Waals surface area (Å²) in [6.45, 7) is 17.3. The summed E-state index contributed by atoms with van der Waals surface area (Å²) >= 11 is 0. The van der Waals surface area contributed by atoms with Crippen LogP contribution >= 0.6 is 7.80 Å². The van der Waals surface area contributed by atoms with E-state index < -0.39 is 7.80 Å². The third-order valence-corrected chi connectivity index (χ3v) is 6.75. The van der Waals surface area contributed by atoms with Crippen LogP contribution in [-0.4, -0.2) is 0 Å². The van der Waals surface area contributed by atoms with Crippen molar-refractivity contribution in [1.82, 2.24) is 0 Å². The molecule has 0 aliphatic heterocycles. The summed E-state index contributed by atoms with van der Waals surface area (Å²) in [6, 6.07) is 12.8. The Morgan fingerprint density at radius 3 is 1.29 bits per heavy atom. The van der Waals surface area contributed by atoms with Crippen LogP contribution in [0.5, 0.6) is 0 Å². The fourth-order valence-corrected chi connectivity index (χ4v) is 4.56. The molecule has 0 unspecified atom stereocenters. The maximum Gasteiger partial charge on any atom is 0.132 e. The van der Waals surface area contributed by atoms with Gasteiger partial charge in [-0.1, -0.05) is 65.8 Å². The summed E-state index contributed by atoms with van der Waals surface area (Å²) in [6.07, 6.45) is 0. The van der Waals surface area contributed by atoms with Crippen LogP contribution in [0.25, 0.3) is 0 Å². The van der Waals surface area contributed by atoms with Gasteiger partial charge in [0.25, 0.3) is 0 Å². The van der Waals surface area contributed by atoms with E-state index in [1.807, 2.05) is 0 Å². The number of rotatable bonds is 2. The molecule has 0 amide bonds. The maximum absolute atomic E-state index is 13.4. The third kappa shape index (κ3) is 4.01. The summed E-state index contributed by atoms with van der Waals surface area (Å²) in [5.41, 5.74) is 4.84. The van der Waals surface area contributed by atoms with Crippen molar-refractivity contribution in [3.63, 3.8) is 0 Å². The zero-order chi connectivity index (χ0) is 18.3. The molecule has 2 heteroatoms. The lowest BCUT2D eigenvalue weighted by Crippen LogP contribution is -2.19. The molecule has 2 aromatic carbocycles. The van der Waals surface area contributed by atoms with E-state index in [1.54, 1.807) is 0 Å². The molecular weight excluding hydrogens is 311 g/mol. The molecule has 130 valence electrons.